The standard InChI is InChI=1S/C16H20N4O8S/c1-27-12-5-2-10(3-6-12)8-14(21)17-18-15(22)13-7-4-11-9-19(13)16(23)20(11)28-29(24,25)26/h2-3,5-6,11,13H,4,7-9H2,1H3,(H,17,21)(H,18,22)(H,24,25,26)/t11-,13+/m1/s1. The summed E-state index contributed by atoms with van der Waals surface area (Å²) in [4.78, 5) is 37.8. The average Bonchev–Trinajstić information content (AvgIpc) is 2.90. The lowest BCUT2D eigenvalue weighted by Crippen LogP contribution is -2.54. The van der Waals surface area contributed by atoms with Crippen LogP contribution in [0.25, 0.3) is 0 Å². The van der Waals surface area contributed by atoms with Crippen LogP contribution in [0.2, 0.25) is 0 Å². The molecule has 0 saturated carbocycles. The summed E-state index contributed by atoms with van der Waals surface area (Å²) in [5, 5.41) is 0.546. The molecule has 3 N–H and O–H groups in total. The molecule has 2 fully saturated rings. The molecule has 4 amide bonds. The van der Waals surface area contributed by atoms with Crippen LogP contribution in [-0.2, 0) is 30.7 Å². The van der Waals surface area contributed by atoms with Crippen LogP contribution in [0.5, 0.6) is 5.75 Å². The molecule has 0 unspecified atom stereocenters. The Morgan fingerprint density at radius 1 is 1.21 bits per heavy atom. The summed E-state index contributed by atoms with van der Waals surface area (Å²) in [6.45, 7) is 0.0617. The molecule has 3 rings (SSSR count). The molecule has 158 valence electrons. The predicted octanol–water partition coefficient (Wildman–Crippen LogP) is -0.612. The molecular weight excluding hydrogens is 408 g/mol. The minimum atomic E-state index is -4.86. The Morgan fingerprint density at radius 3 is 2.52 bits per heavy atom. The zero-order valence-electron chi connectivity index (χ0n) is 15.4. The normalized spacial score (nSPS) is 21.1. The van der Waals surface area contributed by atoms with Crippen LogP contribution in [-0.4, -0.2) is 66.5 Å². The monoisotopic (exact) mass is 428 g/mol. The van der Waals surface area contributed by atoms with E-state index in [1.165, 1.54) is 7.11 Å². The highest BCUT2D eigenvalue weighted by Crippen LogP contribution is 2.30. The highest BCUT2D eigenvalue weighted by Gasteiger charge is 2.49. The Labute approximate surface area is 166 Å². The number of piperidine rings is 1. The topological polar surface area (TPSA) is 155 Å². The van der Waals surface area contributed by atoms with Gasteiger partial charge in [0, 0.05) is 6.54 Å². The maximum atomic E-state index is 12.4. The first-order valence-corrected chi connectivity index (χ1v) is 10.0. The number of carbonyl (C=O) groups excluding carboxylic acids is 3. The summed E-state index contributed by atoms with van der Waals surface area (Å²) in [6.07, 6.45) is 0.549. The second-order valence-electron chi connectivity index (χ2n) is 6.57. The number of hydrogen-bond donors (Lipinski definition) is 3. The van der Waals surface area contributed by atoms with Crippen molar-refractivity contribution in [2.75, 3.05) is 13.7 Å². The van der Waals surface area contributed by atoms with Gasteiger partial charge in [-0.2, -0.15) is 13.5 Å². The third-order valence-electron chi connectivity index (χ3n) is 4.65. The quantitative estimate of drug-likeness (QED) is 0.400. The van der Waals surface area contributed by atoms with Gasteiger partial charge in [-0.3, -0.25) is 25.0 Å². The molecule has 13 heteroatoms. The highest BCUT2D eigenvalue weighted by atomic mass is 32.3. The molecule has 0 aliphatic carbocycles. The molecule has 1 aromatic rings. The summed E-state index contributed by atoms with van der Waals surface area (Å²) in [5.41, 5.74) is 5.28. The Balaban J connectivity index is 1.53. The Kier molecular flexibility index (Phi) is 5.91. The van der Waals surface area contributed by atoms with Crippen molar-refractivity contribution in [3.8, 4) is 5.75 Å². The van der Waals surface area contributed by atoms with E-state index in [0.29, 0.717) is 16.4 Å². The summed E-state index contributed by atoms with van der Waals surface area (Å²) >= 11 is 0. The number of hydroxylamine groups is 2. The number of ether oxygens (including phenoxy) is 1. The lowest BCUT2D eigenvalue weighted by atomic mass is 10.0. The van der Waals surface area contributed by atoms with Crippen molar-refractivity contribution in [3.63, 3.8) is 0 Å². The molecule has 2 aliphatic rings. The fourth-order valence-electron chi connectivity index (χ4n) is 3.29. The lowest BCUT2D eigenvalue weighted by Gasteiger charge is -2.29. The molecule has 1 aromatic carbocycles. The van der Waals surface area contributed by atoms with Crippen LogP contribution in [0.1, 0.15) is 18.4 Å². The van der Waals surface area contributed by atoms with Crippen LogP contribution in [0.15, 0.2) is 24.3 Å². The first-order chi connectivity index (χ1) is 13.7. The van der Waals surface area contributed by atoms with E-state index >= 15 is 0 Å². The number of hydrazine groups is 1. The molecule has 2 heterocycles. The molecular formula is C16H20N4O8S. The summed E-state index contributed by atoms with van der Waals surface area (Å²) in [6, 6.07) is 4.49. The number of fused-ring (bicyclic) bond motifs is 2. The number of benzene rings is 1. The smallest absolute Gasteiger partial charge is 0.418 e. The maximum absolute atomic E-state index is 12.4. The third kappa shape index (κ3) is 4.93. The van der Waals surface area contributed by atoms with Crippen molar-refractivity contribution in [3.05, 3.63) is 29.8 Å². The Morgan fingerprint density at radius 2 is 1.90 bits per heavy atom. The SMILES string of the molecule is COc1ccc(CC(=O)NNC(=O)[C@@H]2CC[C@@H]3CN2C(=O)N3OS(=O)(=O)O)cc1. The summed E-state index contributed by atoms with van der Waals surface area (Å²) in [7, 11) is -3.33. The third-order valence-corrected chi connectivity index (χ3v) is 5.00. The van der Waals surface area contributed by atoms with Gasteiger partial charge in [0.15, 0.2) is 0 Å². The van der Waals surface area contributed by atoms with Crippen molar-refractivity contribution in [2.45, 2.75) is 31.3 Å². The molecule has 2 bridgehead atoms. The second kappa shape index (κ2) is 8.23. The first-order valence-electron chi connectivity index (χ1n) is 8.66. The van der Waals surface area contributed by atoms with E-state index in [-0.39, 0.29) is 25.8 Å². The maximum Gasteiger partial charge on any atom is 0.418 e. The van der Waals surface area contributed by atoms with Gasteiger partial charge >= 0.3 is 16.4 Å². The number of amides is 4. The Hall–Kier alpha value is -2.90. The van der Waals surface area contributed by atoms with E-state index in [9.17, 15) is 22.8 Å². The first kappa shape index (κ1) is 20.8. The minimum Gasteiger partial charge on any atom is -0.497 e. The van der Waals surface area contributed by atoms with Gasteiger partial charge in [0.1, 0.15) is 11.8 Å². The molecule has 12 nitrogen and oxygen atoms in total. The molecule has 0 radical (unpaired) electrons. The number of urea groups is 1. The van der Waals surface area contributed by atoms with Crippen molar-refractivity contribution in [2.24, 2.45) is 0 Å². The van der Waals surface area contributed by atoms with E-state index < -0.39 is 40.3 Å². The van der Waals surface area contributed by atoms with Gasteiger partial charge in [-0.1, -0.05) is 12.1 Å². The number of hydrogen-bond acceptors (Lipinski definition) is 7. The zero-order valence-corrected chi connectivity index (χ0v) is 16.2. The molecule has 2 atom stereocenters. The van der Waals surface area contributed by atoms with Gasteiger partial charge in [-0.15, -0.1) is 4.28 Å². The van der Waals surface area contributed by atoms with E-state index in [1.54, 1.807) is 24.3 Å². The van der Waals surface area contributed by atoms with Crippen LogP contribution in [0.4, 0.5) is 4.79 Å². The van der Waals surface area contributed by atoms with Crippen LogP contribution < -0.4 is 15.6 Å². The second-order valence-corrected chi connectivity index (χ2v) is 7.58. The number of methoxy groups -OCH3 is 1. The van der Waals surface area contributed by atoms with Gasteiger partial charge in [0.25, 0.3) is 5.91 Å². The predicted molar refractivity (Wildman–Crippen MR) is 96.4 cm³/mol. The lowest BCUT2D eigenvalue weighted by molar-refractivity contribution is -0.131. The molecule has 0 spiro atoms. The van der Waals surface area contributed by atoms with Gasteiger partial charge in [-0.05, 0) is 30.5 Å². The number of nitrogens with one attached hydrogen (secondary N) is 2. The van der Waals surface area contributed by atoms with Crippen LogP contribution in [0, 0.1) is 0 Å². The largest absolute Gasteiger partial charge is 0.497 e. The molecule has 0 aromatic heterocycles. The van der Waals surface area contributed by atoms with Crippen molar-refractivity contribution in [1.82, 2.24) is 20.8 Å². The van der Waals surface area contributed by atoms with Crippen molar-refractivity contribution >= 4 is 28.2 Å². The van der Waals surface area contributed by atoms with Crippen molar-refractivity contribution < 1.29 is 36.4 Å². The number of carbonyl (C=O) groups is 3. The molecule has 2 saturated heterocycles. The Bertz CT molecular complexity index is 904. The van der Waals surface area contributed by atoms with E-state index in [1.807, 2.05) is 0 Å². The van der Waals surface area contributed by atoms with Gasteiger partial charge < -0.3 is 9.64 Å². The highest BCUT2D eigenvalue weighted by molar-refractivity contribution is 7.80. The molecule has 2 aliphatic heterocycles. The average molecular weight is 428 g/mol. The zero-order chi connectivity index (χ0) is 21.2. The minimum absolute atomic E-state index is 0.0234. The van der Waals surface area contributed by atoms with Crippen molar-refractivity contribution in [1.29, 1.82) is 0 Å². The van der Waals surface area contributed by atoms with E-state index in [4.69, 9.17) is 9.29 Å². The summed E-state index contributed by atoms with van der Waals surface area (Å²) in [5.74, 6) is -0.421. The fraction of sp³-hybridized carbons (Fsp3) is 0.438. The summed E-state index contributed by atoms with van der Waals surface area (Å²) < 4.78 is 39.9. The fourth-order valence-corrected chi connectivity index (χ4v) is 3.68. The van der Waals surface area contributed by atoms with E-state index in [0.717, 1.165) is 4.90 Å². The van der Waals surface area contributed by atoms with Gasteiger partial charge in [0.05, 0.1) is 19.6 Å². The van der Waals surface area contributed by atoms with Crippen LogP contribution >= 0.6 is 0 Å². The number of rotatable bonds is 6. The molecule has 29 heavy (non-hydrogen) atoms. The number of nitrogens with zero attached hydrogens (tertiary/aromatic N) is 2. The van der Waals surface area contributed by atoms with E-state index in [2.05, 4.69) is 15.1 Å². The van der Waals surface area contributed by atoms with Gasteiger partial charge in [-0.25, -0.2) is 4.79 Å². The van der Waals surface area contributed by atoms with Gasteiger partial charge in [0.2, 0.25) is 5.91 Å². The van der Waals surface area contributed by atoms with Crippen LogP contribution in [0.3, 0.4) is 0 Å².